The fraction of sp³-hybridized carbons (Fsp3) is 0.467. The number of urea groups is 1. The highest BCUT2D eigenvalue weighted by atomic mass is 32.1. The van der Waals surface area contributed by atoms with Gasteiger partial charge in [-0.2, -0.15) is 0 Å². The van der Waals surface area contributed by atoms with E-state index in [0.717, 1.165) is 5.01 Å². The van der Waals surface area contributed by atoms with E-state index in [9.17, 15) is 4.79 Å². The van der Waals surface area contributed by atoms with Gasteiger partial charge in [0, 0.05) is 28.9 Å². The summed E-state index contributed by atoms with van der Waals surface area (Å²) in [6.07, 6.45) is 4.15. The molecule has 3 rings (SSSR count). The van der Waals surface area contributed by atoms with Crippen molar-refractivity contribution in [2.45, 2.75) is 31.7 Å². The van der Waals surface area contributed by atoms with Crippen molar-refractivity contribution < 1.29 is 4.79 Å². The molecule has 2 unspecified atom stereocenters. The average Bonchev–Trinajstić information content (AvgIpc) is 2.97. The van der Waals surface area contributed by atoms with Gasteiger partial charge in [0.2, 0.25) is 0 Å². The van der Waals surface area contributed by atoms with Crippen molar-refractivity contribution >= 4 is 28.7 Å². The van der Waals surface area contributed by atoms with Crippen molar-refractivity contribution in [1.82, 2.24) is 15.6 Å². The lowest BCUT2D eigenvalue weighted by Gasteiger charge is -2.17. The van der Waals surface area contributed by atoms with E-state index >= 15 is 0 Å². The van der Waals surface area contributed by atoms with Gasteiger partial charge in [0.05, 0.1) is 6.04 Å². The van der Waals surface area contributed by atoms with Crippen molar-refractivity contribution in [2.75, 3.05) is 6.54 Å². The van der Waals surface area contributed by atoms with Crippen LogP contribution in [0.25, 0.3) is 0 Å². The molecule has 0 aliphatic heterocycles. The highest BCUT2D eigenvalue weighted by molar-refractivity contribution is 7.10. The molecule has 1 saturated carbocycles. The molecule has 2 aromatic heterocycles. The lowest BCUT2D eigenvalue weighted by atomic mass is 10.1. The summed E-state index contributed by atoms with van der Waals surface area (Å²) in [6.45, 7) is 2.78. The third-order valence-electron chi connectivity index (χ3n) is 3.70. The maximum absolute atomic E-state index is 12.1. The zero-order valence-corrected chi connectivity index (χ0v) is 13.5. The van der Waals surface area contributed by atoms with Gasteiger partial charge in [-0.1, -0.05) is 13.0 Å². The number of carbonyl (C=O) groups excluding carboxylic acids is 1. The van der Waals surface area contributed by atoms with Gasteiger partial charge in [0.25, 0.3) is 0 Å². The van der Waals surface area contributed by atoms with Gasteiger partial charge >= 0.3 is 6.03 Å². The van der Waals surface area contributed by atoms with Crippen molar-refractivity contribution in [3.05, 3.63) is 39.0 Å². The normalized spacial score (nSPS) is 17.2. The molecular formula is C15H19N3OS2. The Morgan fingerprint density at radius 1 is 1.43 bits per heavy atom. The van der Waals surface area contributed by atoms with Crippen LogP contribution in [0, 0.1) is 5.92 Å². The molecule has 0 aromatic carbocycles. The van der Waals surface area contributed by atoms with E-state index in [4.69, 9.17) is 0 Å². The Labute approximate surface area is 132 Å². The lowest BCUT2D eigenvalue weighted by molar-refractivity contribution is 0.235. The van der Waals surface area contributed by atoms with Gasteiger partial charge in [-0.25, -0.2) is 9.78 Å². The minimum atomic E-state index is -0.0921. The van der Waals surface area contributed by atoms with E-state index in [-0.39, 0.29) is 12.1 Å². The second kappa shape index (κ2) is 6.58. The van der Waals surface area contributed by atoms with Gasteiger partial charge in [-0.3, -0.25) is 0 Å². The highest BCUT2D eigenvalue weighted by Gasteiger charge is 2.34. The fourth-order valence-electron chi connectivity index (χ4n) is 2.31. The Balaban J connectivity index is 1.51. The number of thiazole rings is 1. The van der Waals surface area contributed by atoms with Gasteiger partial charge in [0.15, 0.2) is 0 Å². The highest BCUT2D eigenvalue weighted by Crippen LogP contribution is 2.41. The number of hydrogen-bond donors (Lipinski definition) is 2. The molecule has 6 heteroatoms. The van der Waals surface area contributed by atoms with Crippen molar-refractivity contribution in [2.24, 2.45) is 5.92 Å². The molecule has 112 valence electrons. The Morgan fingerprint density at radius 2 is 2.29 bits per heavy atom. The Hall–Kier alpha value is -1.40. The fourth-order valence-corrected chi connectivity index (χ4v) is 3.88. The molecule has 2 amide bonds. The molecule has 2 atom stereocenters. The van der Waals surface area contributed by atoms with Crippen LogP contribution in [0.2, 0.25) is 0 Å². The molecule has 4 nitrogen and oxygen atoms in total. The van der Waals surface area contributed by atoms with Crippen LogP contribution in [0.4, 0.5) is 4.79 Å². The summed E-state index contributed by atoms with van der Waals surface area (Å²) < 4.78 is 0. The summed E-state index contributed by atoms with van der Waals surface area (Å²) in [5.41, 5.74) is 0. The summed E-state index contributed by atoms with van der Waals surface area (Å²) in [5, 5.41) is 11.1. The van der Waals surface area contributed by atoms with E-state index < -0.39 is 0 Å². The van der Waals surface area contributed by atoms with E-state index in [1.165, 1.54) is 17.7 Å². The number of thiophene rings is 1. The number of aromatic nitrogens is 1. The summed E-state index contributed by atoms with van der Waals surface area (Å²) >= 11 is 3.34. The van der Waals surface area contributed by atoms with Crippen LogP contribution < -0.4 is 10.6 Å². The van der Waals surface area contributed by atoms with E-state index in [1.807, 2.05) is 11.4 Å². The van der Waals surface area contributed by atoms with Crippen LogP contribution >= 0.6 is 22.7 Å². The van der Waals surface area contributed by atoms with Crippen molar-refractivity contribution in [1.29, 1.82) is 0 Å². The minimum absolute atomic E-state index is 0.0713. The third-order valence-corrected chi connectivity index (χ3v) is 5.66. The first-order valence-corrected chi connectivity index (χ1v) is 8.97. The summed E-state index contributed by atoms with van der Waals surface area (Å²) in [7, 11) is 0. The van der Waals surface area contributed by atoms with E-state index in [2.05, 4.69) is 34.0 Å². The molecule has 0 bridgehead atoms. The van der Waals surface area contributed by atoms with Crippen LogP contribution in [0.3, 0.4) is 0 Å². The monoisotopic (exact) mass is 321 g/mol. The molecule has 0 radical (unpaired) electrons. The average molecular weight is 321 g/mol. The predicted molar refractivity (Wildman–Crippen MR) is 86.8 cm³/mol. The Morgan fingerprint density at radius 3 is 2.90 bits per heavy atom. The van der Waals surface area contributed by atoms with Gasteiger partial charge in [-0.05, 0) is 30.2 Å². The van der Waals surface area contributed by atoms with Crippen LogP contribution in [0.5, 0.6) is 0 Å². The number of nitrogens with zero attached hydrogens (tertiary/aromatic N) is 1. The molecule has 2 heterocycles. The second-order valence-corrected chi connectivity index (χ2v) is 7.36. The summed E-state index contributed by atoms with van der Waals surface area (Å²) in [5.74, 6) is 0.895. The van der Waals surface area contributed by atoms with E-state index in [1.54, 1.807) is 28.9 Å². The van der Waals surface area contributed by atoms with Crippen LogP contribution in [-0.4, -0.2) is 17.6 Å². The zero-order valence-electron chi connectivity index (χ0n) is 11.9. The number of rotatable bonds is 6. The first kappa shape index (κ1) is 14.5. The molecule has 2 N–H and O–H groups in total. The topological polar surface area (TPSA) is 54.0 Å². The Bertz CT molecular complexity index is 564. The number of carbonyl (C=O) groups is 1. The number of nitrogens with one attached hydrogen (secondary N) is 2. The molecule has 2 aromatic rings. The first-order valence-electron chi connectivity index (χ1n) is 7.21. The molecule has 21 heavy (non-hydrogen) atoms. The lowest BCUT2D eigenvalue weighted by Crippen LogP contribution is -2.40. The molecule has 0 spiro atoms. The molecule has 1 aliphatic rings. The summed E-state index contributed by atoms with van der Waals surface area (Å²) in [6, 6.07) is 4.13. The maximum atomic E-state index is 12.1. The van der Waals surface area contributed by atoms with Crippen LogP contribution in [-0.2, 0) is 0 Å². The Kier molecular flexibility index (Phi) is 4.55. The number of hydrogen-bond acceptors (Lipinski definition) is 4. The third kappa shape index (κ3) is 3.83. The largest absolute Gasteiger partial charge is 0.338 e. The number of amides is 2. The second-order valence-electron chi connectivity index (χ2n) is 5.46. The van der Waals surface area contributed by atoms with Gasteiger partial charge in [0.1, 0.15) is 5.01 Å². The first-order chi connectivity index (χ1) is 10.2. The molecule has 1 fully saturated rings. The molecule has 0 saturated heterocycles. The smallest absolute Gasteiger partial charge is 0.315 e. The van der Waals surface area contributed by atoms with Crippen molar-refractivity contribution in [3.8, 4) is 0 Å². The zero-order chi connectivity index (χ0) is 14.7. The van der Waals surface area contributed by atoms with Crippen molar-refractivity contribution in [3.63, 3.8) is 0 Å². The quantitative estimate of drug-likeness (QED) is 0.851. The van der Waals surface area contributed by atoms with Crippen LogP contribution in [0.15, 0.2) is 29.1 Å². The maximum Gasteiger partial charge on any atom is 0.315 e. The van der Waals surface area contributed by atoms with E-state index in [0.29, 0.717) is 18.4 Å². The minimum Gasteiger partial charge on any atom is -0.338 e. The van der Waals surface area contributed by atoms with Gasteiger partial charge in [-0.15, -0.1) is 22.7 Å². The van der Waals surface area contributed by atoms with Crippen LogP contribution in [0.1, 0.15) is 41.6 Å². The molecule has 1 aliphatic carbocycles. The predicted octanol–water partition coefficient (Wildman–Crippen LogP) is 3.76. The standard InChI is InChI=1S/C15H19N3OS2/c1-10(12-3-2-7-20-12)9-17-15(19)18-13(11-4-5-11)14-16-6-8-21-14/h2-3,6-8,10-11,13H,4-5,9H2,1H3,(H2,17,18,19). The summed E-state index contributed by atoms with van der Waals surface area (Å²) in [4.78, 5) is 17.8. The van der Waals surface area contributed by atoms with Gasteiger partial charge < -0.3 is 10.6 Å². The molecular weight excluding hydrogens is 302 g/mol. The SMILES string of the molecule is CC(CNC(=O)NC(c1nccs1)C1CC1)c1cccs1.